The number of nitrogens with one attached hydrogen (secondary N) is 3. The number of rotatable bonds is 7. The normalized spacial score (nSPS) is 11.1. The Hall–Kier alpha value is -3.69. The lowest BCUT2D eigenvalue weighted by molar-refractivity contribution is -0.137. The van der Waals surface area contributed by atoms with Gasteiger partial charge in [0.2, 0.25) is 0 Å². The zero-order valence-electron chi connectivity index (χ0n) is 16.0. The van der Waals surface area contributed by atoms with Crippen LogP contribution in [-0.4, -0.2) is 33.9 Å². The number of carbonyl (C=O) groups is 1. The van der Waals surface area contributed by atoms with Crippen LogP contribution in [0.25, 0.3) is 0 Å². The Morgan fingerprint density at radius 1 is 0.967 bits per heavy atom. The lowest BCUT2D eigenvalue weighted by atomic mass is 10.1. The van der Waals surface area contributed by atoms with E-state index in [2.05, 4.69) is 30.9 Å². The molecule has 0 unspecified atom stereocenters. The molecule has 30 heavy (non-hydrogen) atoms. The molecule has 3 aromatic rings. The summed E-state index contributed by atoms with van der Waals surface area (Å²) in [5.74, 6) is 1.39. The summed E-state index contributed by atoms with van der Waals surface area (Å²) in [6.45, 7) is 2.10. The molecule has 3 rings (SSSR count). The minimum Gasteiger partial charge on any atom is -0.368 e. The van der Waals surface area contributed by atoms with Crippen LogP contribution >= 0.6 is 0 Å². The molecule has 156 valence electrons. The molecule has 1 aromatic carbocycles. The first kappa shape index (κ1) is 21.0. The molecular formula is C20H19F3N6O. The van der Waals surface area contributed by atoms with Crippen molar-refractivity contribution in [2.24, 2.45) is 0 Å². The molecule has 2 aromatic heterocycles. The van der Waals surface area contributed by atoms with Crippen molar-refractivity contribution in [1.29, 1.82) is 0 Å². The first-order valence-corrected chi connectivity index (χ1v) is 9.05. The molecular weight excluding hydrogens is 397 g/mol. The number of aryl methyl sites for hydroxylation is 1. The van der Waals surface area contributed by atoms with Gasteiger partial charge in [0.05, 0.1) is 11.1 Å². The summed E-state index contributed by atoms with van der Waals surface area (Å²) in [7, 11) is 0. The fourth-order valence-electron chi connectivity index (χ4n) is 2.68. The molecule has 3 N–H and O–H groups in total. The van der Waals surface area contributed by atoms with E-state index in [0.29, 0.717) is 23.3 Å². The van der Waals surface area contributed by atoms with Gasteiger partial charge in [-0.3, -0.25) is 4.79 Å². The number of nitrogens with zero attached hydrogens (tertiary/aromatic N) is 3. The van der Waals surface area contributed by atoms with Crippen molar-refractivity contribution in [1.82, 2.24) is 20.3 Å². The van der Waals surface area contributed by atoms with E-state index >= 15 is 0 Å². The molecule has 0 aliphatic heterocycles. The van der Waals surface area contributed by atoms with Crippen LogP contribution in [0.5, 0.6) is 0 Å². The summed E-state index contributed by atoms with van der Waals surface area (Å²) in [6.07, 6.45) is -2.95. The molecule has 0 fully saturated rings. The van der Waals surface area contributed by atoms with Gasteiger partial charge in [-0.25, -0.2) is 15.0 Å². The number of benzene rings is 1. The van der Waals surface area contributed by atoms with Crippen molar-refractivity contribution in [3.63, 3.8) is 0 Å². The third-order valence-electron chi connectivity index (χ3n) is 3.95. The van der Waals surface area contributed by atoms with Crippen molar-refractivity contribution in [2.75, 3.05) is 23.7 Å². The van der Waals surface area contributed by atoms with Crippen molar-refractivity contribution in [3.05, 3.63) is 71.7 Å². The van der Waals surface area contributed by atoms with E-state index in [1.54, 1.807) is 31.3 Å². The van der Waals surface area contributed by atoms with E-state index in [4.69, 9.17) is 0 Å². The van der Waals surface area contributed by atoms with E-state index in [1.807, 2.05) is 6.07 Å². The van der Waals surface area contributed by atoms with E-state index in [0.717, 1.165) is 12.1 Å². The van der Waals surface area contributed by atoms with Gasteiger partial charge in [-0.15, -0.1) is 0 Å². The minimum absolute atomic E-state index is 0.108. The second-order valence-electron chi connectivity index (χ2n) is 6.25. The highest BCUT2D eigenvalue weighted by Gasteiger charge is 2.34. The Kier molecular flexibility index (Phi) is 6.45. The van der Waals surface area contributed by atoms with Crippen molar-refractivity contribution < 1.29 is 18.0 Å². The SMILES string of the molecule is Cc1nc(NCCNC(=O)c2ccccc2C(F)(F)F)cc(Nc2ccccn2)n1. The monoisotopic (exact) mass is 416 g/mol. The number of pyridine rings is 1. The maximum atomic E-state index is 13.0. The smallest absolute Gasteiger partial charge is 0.368 e. The Morgan fingerprint density at radius 3 is 2.43 bits per heavy atom. The molecule has 7 nitrogen and oxygen atoms in total. The lowest BCUT2D eigenvalue weighted by Crippen LogP contribution is -2.30. The molecule has 0 aliphatic rings. The van der Waals surface area contributed by atoms with Gasteiger partial charge in [0, 0.05) is 25.4 Å². The number of anilines is 3. The second kappa shape index (κ2) is 9.21. The Labute approximate surface area is 170 Å². The van der Waals surface area contributed by atoms with E-state index < -0.39 is 23.2 Å². The molecule has 1 amide bonds. The first-order chi connectivity index (χ1) is 14.3. The molecule has 0 atom stereocenters. The third-order valence-corrected chi connectivity index (χ3v) is 3.95. The predicted octanol–water partition coefficient (Wildman–Crippen LogP) is 3.78. The van der Waals surface area contributed by atoms with Gasteiger partial charge < -0.3 is 16.0 Å². The highest BCUT2D eigenvalue weighted by atomic mass is 19.4. The number of hydrogen-bond donors (Lipinski definition) is 3. The zero-order valence-corrected chi connectivity index (χ0v) is 16.0. The van der Waals surface area contributed by atoms with Crippen LogP contribution in [0.3, 0.4) is 0 Å². The number of carbonyl (C=O) groups excluding carboxylic acids is 1. The first-order valence-electron chi connectivity index (χ1n) is 9.05. The van der Waals surface area contributed by atoms with Gasteiger partial charge in [-0.1, -0.05) is 18.2 Å². The largest absolute Gasteiger partial charge is 0.417 e. The number of amides is 1. The Bertz CT molecular complexity index is 1010. The van der Waals surface area contributed by atoms with E-state index in [-0.39, 0.29) is 13.1 Å². The standard InChI is InChI=1S/C20H19F3N6O/c1-13-27-17(12-18(28-13)29-16-8-4-5-9-24-16)25-10-11-26-19(30)14-6-2-3-7-15(14)20(21,22)23/h2-9,12H,10-11H2,1H3,(H,26,30)(H2,24,25,27,28,29). The van der Waals surface area contributed by atoms with E-state index in [9.17, 15) is 18.0 Å². The third kappa shape index (κ3) is 5.66. The summed E-state index contributed by atoms with van der Waals surface area (Å²) in [4.78, 5) is 24.8. The predicted molar refractivity (Wildman–Crippen MR) is 107 cm³/mol. The molecule has 0 aliphatic carbocycles. The number of hydrogen-bond acceptors (Lipinski definition) is 6. The molecule has 10 heteroatoms. The van der Waals surface area contributed by atoms with Crippen LogP contribution in [-0.2, 0) is 6.18 Å². The topological polar surface area (TPSA) is 91.8 Å². The molecule has 0 radical (unpaired) electrons. The van der Waals surface area contributed by atoms with Gasteiger partial charge in [-0.05, 0) is 31.2 Å². The van der Waals surface area contributed by atoms with Crippen molar-refractivity contribution >= 4 is 23.4 Å². The average molecular weight is 416 g/mol. The molecule has 0 bridgehead atoms. The fraction of sp³-hybridized carbons (Fsp3) is 0.200. The van der Waals surface area contributed by atoms with Crippen LogP contribution in [0.4, 0.5) is 30.6 Å². The molecule has 0 saturated heterocycles. The molecule has 0 saturated carbocycles. The highest BCUT2D eigenvalue weighted by molar-refractivity contribution is 5.95. The van der Waals surface area contributed by atoms with Gasteiger partial charge in [0.15, 0.2) is 0 Å². The van der Waals surface area contributed by atoms with Crippen LogP contribution < -0.4 is 16.0 Å². The van der Waals surface area contributed by atoms with Crippen LogP contribution in [0.1, 0.15) is 21.7 Å². The summed E-state index contributed by atoms with van der Waals surface area (Å²) in [5.41, 5.74) is -1.38. The van der Waals surface area contributed by atoms with Gasteiger partial charge in [0.25, 0.3) is 5.91 Å². The molecule has 2 heterocycles. The summed E-state index contributed by atoms with van der Waals surface area (Å²) in [5, 5.41) is 8.55. The van der Waals surface area contributed by atoms with Gasteiger partial charge in [0.1, 0.15) is 23.3 Å². The lowest BCUT2D eigenvalue weighted by Gasteiger charge is -2.13. The Morgan fingerprint density at radius 2 is 1.70 bits per heavy atom. The summed E-state index contributed by atoms with van der Waals surface area (Å²) >= 11 is 0. The maximum absolute atomic E-state index is 13.0. The molecule has 0 spiro atoms. The van der Waals surface area contributed by atoms with Gasteiger partial charge >= 0.3 is 6.18 Å². The summed E-state index contributed by atoms with van der Waals surface area (Å²) in [6, 6.07) is 11.8. The quantitative estimate of drug-likeness (QED) is 0.508. The van der Waals surface area contributed by atoms with Gasteiger partial charge in [-0.2, -0.15) is 13.2 Å². The van der Waals surface area contributed by atoms with Crippen LogP contribution in [0, 0.1) is 6.92 Å². The maximum Gasteiger partial charge on any atom is 0.417 e. The van der Waals surface area contributed by atoms with Crippen LogP contribution in [0.2, 0.25) is 0 Å². The number of aromatic nitrogens is 3. The zero-order chi connectivity index (χ0) is 21.6. The minimum atomic E-state index is -4.60. The fourth-order valence-corrected chi connectivity index (χ4v) is 2.68. The summed E-state index contributed by atoms with van der Waals surface area (Å²) < 4.78 is 39.1. The Balaban J connectivity index is 1.57. The van der Waals surface area contributed by atoms with E-state index in [1.165, 1.54) is 12.1 Å². The average Bonchev–Trinajstić information content (AvgIpc) is 2.71. The van der Waals surface area contributed by atoms with Crippen molar-refractivity contribution in [2.45, 2.75) is 13.1 Å². The second-order valence-corrected chi connectivity index (χ2v) is 6.25. The number of alkyl halides is 3. The van der Waals surface area contributed by atoms with Crippen LogP contribution in [0.15, 0.2) is 54.7 Å². The highest BCUT2D eigenvalue weighted by Crippen LogP contribution is 2.31. The number of halogens is 3. The van der Waals surface area contributed by atoms with Crippen molar-refractivity contribution in [3.8, 4) is 0 Å².